The van der Waals surface area contributed by atoms with E-state index >= 15 is 0 Å². The standard InChI is InChI=1S/C26H44O8/c1-24(2)10-15(33-23-22(32)21(31)20(30)17(12-27)34-23)11-26(4)16-7-8-25(3,19(29)13-28)9-14(16)5-6-18(24)26/h9,15-23,27-32H,5-8,10-13H2,1-4H3/t15-,16-,17-,18-,19?,20-,21+,22-,23-,25+,26+/m1/s1. The number of aliphatic hydroxyl groups is 6. The molecule has 0 aromatic heterocycles. The molecule has 1 aliphatic heterocycles. The molecule has 8 heteroatoms. The average Bonchev–Trinajstić information content (AvgIpc) is 2.77. The second-order valence-corrected chi connectivity index (χ2v) is 12.5. The summed E-state index contributed by atoms with van der Waals surface area (Å²) in [6, 6.07) is 0. The van der Waals surface area contributed by atoms with Gasteiger partial charge in [0, 0.05) is 5.41 Å². The zero-order chi connectivity index (χ0) is 25.1. The van der Waals surface area contributed by atoms with Crippen molar-refractivity contribution in [3.05, 3.63) is 11.6 Å². The summed E-state index contributed by atoms with van der Waals surface area (Å²) in [5, 5.41) is 60.3. The lowest BCUT2D eigenvalue weighted by atomic mass is 9.45. The summed E-state index contributed by atoms with van der Waals surface area (Å²) in [4.78, 5) is 0. The van der Waals surface area contributed by atoms with E-state index in [0.717, 1.165) is 38.5 Å². The molecule has 1 saturated heterocycles. The third-order valence-corrected chi connectivity index (χ3v) is 9.72. The number of allylic oxidation sites excluding steroid dienone is 1. The Hall–Kier alpha value is -0.580. The molecular formula is C26H44O8. The fourth-order valence-corrected chi connectivity index (χ4v) is 7.92. The molecule has 4 rings (SSSR count). The van der Waals surface area contributed by atoms with E-state index in [2.05, 4.69) is 26.8 Å². The number of rotatable bonds is 5. The summed E-state index contributed by atoms with van der Waals surface area (Å²) in [6.45, 7) is 8.19. The van der Waals surface area contributed by atoms with Crippen LogP contribution < -0.4 is 0 Å². The molecule has 3 aliphatic carbocycles. The summed E-state index contributed by atoms with van der Waals surface area (Å²) in [5.74, 6) is 0.842. The average molecular weight is 485 g/mol. The van der Waals surface area contributed by atoms with Gasteiger partial charge in [0.2, 0.25) is 0 Å². The highest BCUT2D eigenvalue weighted by Crippen LogP contribution is 2.64. The second kappa shape index (κ2) is 9.38. The van der Waals surface area contributed by atoms with Gasteiger partial charge in [0.05, 0.1) is 25.4 Å². The number of fused-ring (bicyclic) bond motifs is 3. The van der Waals surface area contributed by atoms with E-state index in [-0.39, 0.29) is 23.5 Å². The Kier molecular flexibility index (Phi) is 7.30. The minimum Gasteiger partial charge on any atom is -0.394 e. The lowest BCUT2D eigenvalue weighted by Gasteiger charge is -2.61. The number of ether oxygens (including phenoxy) is 2. The highest BCUT2D eigenvalue weighted by molar-refractivity contribution is 5.25. The van der Waals surface area contributed by atoms with Gasteiger partial charge in [0.15, 0.2) is 6.29 Å². The molecule has 1 unspecified atom stereocenters. The van der Waals surface area contributed by atoms with Gasteiger partial charge in [-0.1, -0.05) is 39.3 Å². The van der Waals surface area contributed by atoms with Crippen molar-refractivity contribution in [2.75, 3.05) is 13.2 Å². The van der Waals surface area contributed by atoms with Crippen LogP contribution in [0.4, 0.5) is 0 Å². The largest absolute Gasteiger partial charge is 0.394 e. The van der Waals surface area contributed by atoms with Crippen molar-refractivity contribution in [3.63, 3.8) is 0 Å². The Labute approximate surface area is 202 Å². The van der Waals surface area contributed by atoms with Crippen LogP contribution in [0.1, 0.15) is 66.2 Å². The van der Waals surface area contributed by atoms with E-state index in [1.54, 1.807) is 0 Å². The van der Waals surface area contributed by atoms with Crippen LogP contribution in [0.25, 0.3) is 0 Å². The zero-order valence-electron chi connectivity index (χ0n) is 20.9. The van der Waals surface area contributed by atoms with Gasteiger partial charge in [-0.15, -0.1) is 0 Å². The lowest BCUT2D eigenvalue weighted by Crippen LogP contribution is -2.61. The minimum absolute atomic E-state index is 0.0112. The summed E-state index contributed by atoms with van der Waals surface area (Å²) in [7, 11) is 0. The smallest absolute Gasteiger partial charge is 0.186 e. The Balaban J connectivity index is 1.57. The maximum Gasteiger partial charge on any atom is 0.186 e. The Morgan fingerprint density at radius 2 is 1.74 bits per heavy atom. The van der Waals surface area contributed by atoms with Gasteiger partial charge in [-0.2, -0.15) is 0 Å². The quantitative estimate of drug-likeness (QED) is 0.252. The van der Waals surface area contributed by atoms with Crippen molar-refractivity contribution in [2.24, 2.45) is 28.1 Å². The molecule has 11 atom stereocenters. The van der Waals surface area contributed by atoms with Crippen molar-refractivity contribution in [1.29, 1.82) is 0 Å². The fourth-order valence-electron chi connectivity index (χ4n) is 7.92. The maximum absolute atomic E-state index is 10.5. The first kappa shape index (κ1) is 26.5. The predicted molar refractivity (Wildman–Crippen MR) is 124 cm³/mol. The molecule has 0 aromatic rings. The van der Waals surface area contributed by atoms with Gasteiger partial charge >= 0.3 is 0 Å². The summed E-state index contributed by atoms with van der Waals surface area (Å²) in [6.07, 6.45) is 0.254. The van der Waals surface area contributed by atoms with Crippen molar-refractivity contribution in [3.8, 4) is 0 Å². The van der Waals surface area contributed by atoms with Crippen LogP contribution in [0.3, 0.4) is 0 Å². The lowest BCUT2D eigenvalue weighted by molar-refractivity contribution is -0.320. The van der Waals surface area contributed by atoms with Crippen LogP contribution in [0.2, 0.25) is 0 Å². The van der Waals surface area contributed by atoms with E-state index in [1.807, 2.05) is 6.92 Å². The molecule has 3 fully saturated rings. The second-order valence-electron chi connectivity index (χ2n) is 12.5. The molecule has 1 heterocycles. The van der Waals surface area contributed by atoms with Gasteiger partial charge in [-0.05, 0) is 61.2 Å². The SMILES string of the molecule is CC1(C)C[C@@H](O[C@@H]2O[C@H](CO)[C@@H](O)[C@H](O)[C@H]2O)C[C@@]2(C)[C@@H]3CC[C@](C)(C(O)CO)C=C3CC[C@H]12. The van der Waals surface area contributed by atoms with E-state index < -0.39 is 48.8 Å². The minimum atomic E-state index is -1.45. The van der Waals surface area contributed by atoms with Gasteiger partial charge in [-0.3, -0.25) is 0 Å². The predicted octanol–water partition coefficient (Wildman–Crippen LogP) is 1.10. The number of hydrogen-bond acceptors (Lipinski definition) is 8. The molecular weight excluding hydrogens is 440 g/mol. The number of aliphatic hydroxyl groups excluding tert-OH is 6. The Bertz CT molecular complexity index is 768. The molecule has 0 bridgehead atoms. The zero-order valence-corrected chi connectivity index (χ0v) is 20.9. The van der Waals surface area contributed by atoms with Crippen molar-refractivity contribution >= 4 is 0 Å². The van der Waals surface area contributed by atoms with Gasteiger partial charge in [0.25, 0.3) is 0 Å². The van der Waals surface area contributed by atoms with Gasteiger partial charge in [0.1, 0.15) is 24.4 Å². The Morgan fingerprint density at radius 1 is 1.03 bits per heavy atom. The first-order chi connectivity index (χ1) is 15.9. The normalized spacial score (nSPS) is 49.5. The van der Waals surface area contributed by atoms with Crippen molar-refractivity contribution in [2.45, 2.75) is 109 Å². The molecule has 0 radical (unpaired) electrons. The molecule has 0 amide bonds. The molecule has 196 valence electrons. The van der Waals surface area contributed by atoms with Gasteiger partial charge < -0.3 is 40.1 Å². The van der Waals surface area contributed by atoms with Crippen molar-refractivity contribution in [1.82, 2.24) is 0 Å². The summed E-state index contributed by atoms with van der Waals surface area (Å²) in [5.41, 5.74) is 0.892. The van der Waals surface area contributed by atoms with E-state index in [4.69, 9.17) is 9.47 Å². The van der Waals surface area contributed by atoms with E-state index in [1.165, 1.54) is 5.57 Å². The topological polar surface area (TPSA) is 140 Å². The van der Waals surface area contributed by atoms with Crippen LogP contribution in [0.15, 0.2) is 11.6 Å². The summed E-state index contributed by atoms with van der Waals surface area (Å²) < 4.78 is 11.9. The summed E-state index contributed by atoms with van der Waals surface area (Å²) >= 11 is 0. The van der Waals surface area contributed by atoms with Crippen LogP contribution in [-0.4, -0.2) is 86.8 Å². The first-order valence-corrected chi connectivity index (χ1v) is 12.8. The number of hydrogen-bond donors (Lipinski definition) is 6. The van der Waals surface area contributed by atoms with Crippen LogP contribution in [0, 0.1) is 28.1 Å². The van der Waals surface area contributed by atoms with Crippen LogP contribution in [0.5, 0.6) is 0 Å². The molecule has 6 N–H and O–H groups in total. The monoisotopic (exact) mass is 484 g/mol. The first-order valence-electron chi connectivity index (χ1n) is 12.8. The third-order valence-electron chi connectivity index (χ3n) is 9.72. The Morgan fingerprint density at radius 3 is 2.38 bits per heavy atom. The fraction of sp³-hybridized carbons (Fsp3) is 0.923. The van der Waals surface area contributed by atoms with E-state index in [9.17, 15) is 30.6 Å². The molecule has 34 heavy (non-hydrogen) atoms. The highest BCUT2D eigenvalue weighted by atomic mass is 16.7. The van der Waals surface area contributed by atoms with E-state index in [0.29, 0.717) is 11.8 Å². The highest BCUT2D eigenvalue weighted by Gasteiger charge is 2.58. The van der Waals surface area contributed by atoms with Crippen LogP contribution >= 0.6 is 0 Å². The molecule has 8 nitrogen and oxygen atoms in total. The molecule has 4 aliphatic rings. The molecule has 0 aromatic carbocycles. The van der Waals surface area contributed by atoms with Crippen LogP contribution in [-0.2, 0) is 9.47 Å². The third kappa shape index (κ3) is 4.39. The molecule has 0 spiro atoms. The van der Waals surface area contributed by atoms with Gasteiger partial charge in [-0.25, -0.2) is 0 Å². The van der Waals surface area contributed by atoms with Crippen molar-refractivity contribution < 1.29 is 40.1 Å². The molecule has 2 saturated carbocycles. The maximum atomic E-state index is 10.5.